The van der Waals surface area contributed by atoms with Crippen molar-refractivity contribution >= 4 is 49.9 Å². The third-order valence-electron chi connectivity index (χ3n) is 3.83. The normalized spacial score (nSPS) is 11.8. The maximum Gasteiger partial charge on any atom is 0.358 e. The monoisotopic (exact) mass is 416 g/mol. The number of nitrogens with zero attached hydrogens (tertiary/aromatic N) is 3. The van der Waals surface area contributed by atoms with E-state index in [-0.39, 0.29) is 11.6 Å². The highest BCUT2D eigenvalue weighted by molar-refractivity contribution is 7.18. The maximum absolute atomic E-state index is 12.6. The minimum atomic E-state index is -0.918. The Morgan fingerprint density at radius 1 is 1.36 bits per heavy atom. The Morgan fingerprint density at radius 2 is 2.14 bits per heavy atom. The molecule has 0 aliphatic carbocycles. The van der Waals surface area contributed by atoms with Gasteiger partial charge in [0.1, 0.15) is 5.01 Å². The molecule has 1 unspecified atom stereocenters. The first-order chi connectivity index (χ1) is 13.5. The van der Waals surface area contributed by atoms with Crippen LogP contribution < -0.4 is 5.32 Å². The van der Waals surface area contributed by atoms with Crippen molar-refractivity contribution < 1.29 is 14.3 Å². The topological polar surface area (TPSA) is 84.4 Å². The summed E-state index contributed by atoms with van der Waals surface area (Å²) >= 11 is 2.83. The highest BCUT2D eigenvalue weighted by atomic mass is 32.1. The summed E-state index contributed by atoms with van der Waals surface area (Å²) in [5.41, 5.74) is 1.08. The minimum absolute atomic E-state index is 0.171. The Balaban J connectivity index is 1.57. The predicted octanol–water partition coefficient (Wildman–Crippen LogP) is 3.55. The van der Waals surface area contributed by atoms with Gasteiger partial charge in [-0.05, 0) is 19.1 Å². The zero-order chi connectivity index (χ0) is 20.1. The Morgan fingerprint density at radius 3 is 2.89 bits per heavy atom. The molecule has 0 radical (unpaired) electrons. The third-order valence-corrected chi connectivity index (χ3v) is 5.65. The van der Waals surface area contributed by atoms with Gasteiger partial charge in [-0.15, -0.1) is 29.3 Å². The molecule has 9 heteroatoms. The van der Waals surface area contributed by atoms with Gasteiger partial charge < -0.3 is 15.0 Å². The van der Waals surface area contributed by atoms with Gasteiger partial charge >= 0.3 is 5.97 Å². The van der Waals surface area contributed by atoms with E-state index in [9.17, 15) is 9.59 Å². The molecule has 2 heterocycles. The number of anilines is 1. The Hall–Kier alpha value is -2.78. The number of rotatable bonds is 8. The molecular weight excluding hydrogens is 396 g/mol. The van der Waals surface area contributed by atoms with Crippen molar-refractivity contribution in [3.8, 4) is 0 Å². The number of esters is 1. The van der Waals surface area contributed by atoms with Crippen molar-refractivity contribution in [1.82, 2.24) is 14.9 Å². The van der Waals surface area contributed by atoms with Crippen LogP contribution in [0.5, 0.6) is 0 Å². The number of carbonyl (C=O) groups is 2. The lowest BCUT2D eigenvalue weighted by molar-refractivity contribution is -0.139. The summed E-state index contributed by atoms with van der Waals surface area (Å²) in [6, 6.07) is 7.82. The van der Waals surface area contributed by atoms with Crippen LogP contribution >= 0.6 is 22.7 Å². The lowest BCUT2D eigenvalue weighted by atomic mass is 10.3. The summed E-state index contributed by atoms with van der Waals surface area (Å²) in [7, 11) is 1.67. The fourth-order valence-corrected chi connectivity index (χ4v) is 4.17. The summed E-state index contributed by atoms with van der Waals surface area (Å²) in [5, 5.41) is 6.02. The molecule has 1 aromatic carbocycles. The van der Waals surface area contributed by atoms with Gasteiger partial charge in [0.25, 0.3) is 5.91 Å². The fourth-order valence-electron chi connectivity index (χ4n) is 2.46. The molecule has 2 aromatic heterocycles. The number of likely N-dealkylation sites (N-methyl/N-ethyl adjacent to an activating group) is 1. The van der Waals surface area contributed by atoms with E-state index < -0.39 is 12.1 Å². The molecule has 0 fully saturated rings. The molecule has 3 rings (SSSR count). The summed E-state index contributed by atoms with van der Waals surface area (Å²) in [6.45, 7) is 6.07. The molecule has 0 spiro atoms. The zero-order valence-electron chi connectivity index (χ0n) is 15.5. The second-order valence-corrected chi connectivity index (χ2v) is 8.00. The van der Waals surface area contributed by atoms with Crippen LogP contribution in [0.4, 0.5) is 5.13 Å². The highest BCUT2D eigenvalue weighted by Gasteiger charge is 2.24. The van der Waals surface area contributed by atoms with Crippen LogP contribution in [0.1, 0.15) is 22.4 Å². The van der Waals surface area contributed by atoms with Crippen LogP contribution in [0.15, 0.2) is 42.3 Å². The number of ether oxygens (including phenoxy) is 1. The van der Waals surface area contributed by atoms with Gasteiger partial charge in [0.15, 0.2) is 16.9 Å². The lowest BCUT2D eigenvalue weighted by Gasteiger charge is -2.20. The van der Waals surface area contributed by atoms with E-state index in [1.54, 1.807) is 25.4 Å². The summed E-state index contributed by atoms with van der Waals surface area (Å²) in [6.07, 6.45) is 0.777. The molecule has 28 heavy (non-hydrogen) atoms. The standard InChI is InChI=1S/C19H20N4O3S2/c1-4-9-20-19-22-14(11-27-19)18(25)26-12(2)17(24)23(3)10-16-21-13-7-5-6-8-15(13)28-16/h4-8,11-12H,1,9-10H2,2-3H3,(H,20,22). The predicted molar refractivity (Wildman–Crippen MR) is 112 cm³/mol. The highest BCUT2D eigenvalue weighted by Crippen LogP contribution is 2.22. The van der Waals surface area contributed by atoms with E-state index in [4.69, 9.17) is 4.74 Å². The number of fused-ring (bicyclic) bond motifs is 1. The van der Waals surface area contributed by atoms with Crippen LogP contribution in [-0.4, -0.2) is 46.4 Å². The first-order valence-electron chi connectivity index (χ1n) is 8.58. The quantitative estimate of drug-likeness (QED) is 0.447. The van der Waals surface area contributed by atoms with Gasteiger partial charge in [-0.2, -0.15) is 0 Å². The van der Waals surface area contributed by atoms with Gasteiger partial charge in [0.05, 0.1) is 16.8 Å². The number of benzene rings is 1. The van der Waals surface area contributed by atoms with Crippen molar-refractivity contribution in [3.63, 3.8) is 0 Å². The largest absolute Gasteiger partial charge is 0.448 e. The molecule has 0 bridgehead atoms. The smallest absolute Gasteiger partial charge is 0.358 e. The van der Waals surface area contributed by atoms with E-state index in [2.05, 4.69) is 21.9 Å². The van der Waals surface area contributed by atoms with Crippen molar-refractivity contribution in [2.45, 2.75) is 19.6 Å². The van der Waals surface area contributed by atoms with Crippen molar-refractivity contribution in [1.29, 1.82) is 0 Å². The SMILES string of the molecule is C=CCNc1nc(C(=O)OC(C)C(=O)N(C)Cc2nc3ccccc3s2)cs1. The van der Waals surface area contributed by atoms with E-state index in [1.807, 2.05) is 24.3 Å². The molecule has 146 valence electrons. The van der Waals surface area contributed by atoms with Gasteiger partial charge in [0.2, 0.25) is 0 Å². The average Bonchev–Trinajstić information content (AvgIpc) is 3.31. The molecule has 0 aliphatic rings. The number of carbonyl (C=O) groups excluding carboxylic acids is 2. The van der Waals surface area contributed by atoms with Crippen molar-refractivity contribution in [2.75, 3.05) is 18.9 Å². The third kappa shape index (κ3) is 4.73. The maximum atomic E-state index is 12.6. The van der Waals surface area contributed by atoms with Gasteiger partial charge in [-0.25, -0.2) is 14.8 Å². The molecule has 3 aromatic rings. The molecule has 1 amide bonds. The summed E-state index contributed by atoms with van der Waals surface area (Å²) < 4.78 is 6.35. The Bertz CT molecular complexity index is 965. The van der Waals surface area contributed by atoms with Crippen LogP contribution in [0.25, 0.3) is 10.2 Å². The van der Waals surface area contributed by atoms with Crippen LogP contribution in [0.2, 0.25) is 0 Å². The minimum Gasteiger partial charge on any atom is -0.448 e. The van der Waals surface area contributed by atoms with E-state index >= 15 is 0 Å². The van der Waals surface area contributed by atoms with Crippen LogP contribution in [0, 0.1) is 0 Å². The van der Waals surface area contributed by atoms with E-state index in [0.717, 1.165) is 15.2 Å². The molecule has 0 aliphatic heterocycles. The lowest BCUT2D eigenvalue weighted by Crippen LogP contribution is -2.37. The molecule has 0 saturated carbocycles. The average molecular weight is 417 g/mol. The molecule has 7 nitrogen and oxygen atoms in total. The Labute approximate surface area is 170 Å². The molecular formula is C19H20N4O3S2. The molecule has 0 saturated heterocycles. The number of hydrogen-bond donors (Lipinski definition) is 1. The van der Waals surface area contributed by atoms with Gasteiger partial charge in [-0.3, -0.25) is 4.79 Å². The van der Waals surface area contributed by atoms with E-state index in [1.165, 1.54) is 27.6 Å². The fraction of sp³-hybridized carbons (Fsp3) is 0.263. The number of para-hydroxylation sites is 1. The number of aromatic nitrogens is 2. The number of thiazole rings is 2. The second-order valence-electron chi connectivity index (χ2n) is 6.02. The van der Waals surface area contributed by atoms with Crippen molar-refractivity contribution in [3.05, 3.63) is 53.0 Å². The molecule has 1 atom stereocenters. The van der Waals surface area contributed by atoms with Gasteiger partial charge in [-0.1, -0.05) is 18.2 Å². The zero-order valence-corrected chi connectivity index (χ0v) is 17.2. The van der Waals surface area contributed by atoms with Crippen LogP contribution in [-0.2, 0) is 16.1 Å². The Kier molecular flexibility index (Phi) is 6.37. The summed E-state index contributed by atoms with van der Waals surface area (Å²) in [5.74, 6) is -0.926. The summed E-state index contributed by atoms with van der Waals surface area (Å²) in [4.78, 5) is 35.0. The first kappa shape index (κ1) is 20.0. The second kappa shape index (κ2) is 8.94. The van der Waals surface area contributed by atoms with Gasteiger partial charge in [0, 0.05) is 19.0 Å². The molecule has 1 N–H and O–H groups in total. The number of amides is 1. The number of hydrogen-bond acceptors (Lipinski definition) is 8. The number of nitrogens with one attached hydrogen (secondary N) is 1. The van der Waals surface area contributed by atoms with E-state index in [0.29, 0.717) is 18.2 Å². The first-order valence-corrected chi connectivity index (χ1v) is 10.3. The van der Waals surface area contributed by atoms with Crippen molar-refractivity contribution in [2.24, 2.45) is 0 Å². The van der Waals surface area contributed by atoms with Crippen LogP contribution in [0.3, 0.4) is 0 Å².